The zero-order valence-corrected chi connectivity index (χ0v) is 19.6. The summed E-state index contributed by atoms with van der Waals surface area (Å²) in [6.45, 7) is 4.74. The number of rotatable bonds is 11. The molecule has 8 heteroatoms. The van der Waals surface area contributed by atoms with E-state index in [1.165, 1.54) is 4.90 Å². The van der Waals surface area contributed by atoms with Crippen molar-refractivity contribution in [1.82, 2.24) is 9.88 Å². The van der Waals surface area contributed by atoms with Crippen LogP contribution in [-0.2, 0) is 11.4 Å². The Balaban J connectivity index is 1.69. The number of likely N-dealkylation sites (N-methyl/N-ethyl adjacent to an activating group) is 1. The molecule has 0 aliphatic rings. The quantitative estimate of drug-likeness (QED) is 0.459. The highest BCUT2D eigenvalue weighted by Crippen LogP contribution is 2.30. The molecule has 1 aromatic heterocycles. The molecule has 34 heavy (non-hydrogen) atoms. The predicted molar refractivity (Wildman–Crippen MR) is 129 cm³/mol. The van der Waals surface area contributed by atoms with Crippen molar-refractivity contribution in [2.45, 2.75) is 20.5 Å². The lowest BCUT2D eigenvalue weighted by atomic mass is 10.1. The normalized spacial score (nSPS) is 10.3. The molecule has 178 valence electrons. The van der Waals surface area contributed by atoms with Gasteiger partial charge >= 0.3 is 0 Å². The third-order valence-corrected chi connectivity index (χ3v) is 4.99. The molecule has 0 saturated carbocycles. The lowest BCUT2D eigenvalue weighted by molar-refractivity contribution is -0.116. The fraction of sp³-hybridized carbons (Fsp3) is 0.269. The lowest BCUT2D eigenvalue weighted by Gasteiger charge is -2.21. The number of hydrogen-bond acceptors (Lipinski definition) is 6. The fourth-order valence-electron chi connectivity index (χ4n) is 3.25. The van der Waals surface area contributed by atoms with Crippen LogP contribution in [0.1, 0.15) is 29.8 Å². The molecule has 2 amide bonds. The largest absolute Gasteiger partial charge is 0.497 e. The van der Waals surface area contributed by atoms with Crippen LogP contribution in [0.2, 0.25) is 0 Å². The average Bonchev–Trinajstić information content (AvgIpc) is 2.87. The second kappa shape index (κ2) is 12.2. The maximum absolute atomic E-state index is 13.1. The molecule has 3 aromatic rings. The van der Waals surface area contributed by atoms with Crippen LogP contribution in [-0.4, -0.2) is 48.5 Å². The Morgan fingerprint density at radius 2 is 1.76 bits per heavy atom. The van der Waals surface area contributed by atoms with E-state index < -0.39 is 0 Å². The summed E-state index contributed by atoms with van der Waals surface area (Å²) in [4.78, 5) is 31.2. The van der Waals surface area contributed by atoms with Crippen LogP contribution in [0.15, 0.2) is 67.0 Å². The van der Waals surface area contributed by atoms with E-state index >= 15 is 0 Å². The van der Waals surface area contributed by atoms with Crippen molar-refractivity contribution in [3.8, 4) is 17.2 Å². The molecular weight excluding hydrogens is 434 g/mol. The molecule has 0 unspecified atom stereocenters. The molecule has 8 nitrogen and oxygen atoms in total. The number of nitrogens with zero attached hydrogens (tertiary/aromatic N) is 2. The van der Waals surface area contributed by atoms with Gasteiger partial charge in [0.1, 0.15) is 18.9 Å². The van der Waals surface area contributed by atoms with Crippen molar-refractivity contribution >= 4 is 17.5 Å². The molecule has 0 radical (unpaired) electrons. The molecule has 0 spiro atoms. The highest BCUT2D eigenvalue weighted by atomic mass is 16.5. The number of ether oxygens (including phenoxy) is 3. The van der Waals surface area contributed by atoms with Gasteiger partial charge in [0.25, 0.3) is 5.91 Å². The van der Waals surface area contributed by atoms with Crippen LogP contribution < -0.4 is 19.5 Å². The minimum absolute atomic E-state index is 0.0865. The van der Waals surface area contributed by atoms with Gasteiger partial charge in [0, 0.05) is 36.3 Å². The summed E-state index contributed by atoms with van der Waals surface area (Å²) < 4.78 is 16.8. The smallest absolute Gasteiger partial charge is 0.254 e. The van der Waals surface area contributed by atoms with Gasteiger partial charge in [-0.3, -0.25) is 14.6 Å². The fourth-order valence-corrected chi connectivity index (χ4v) is 3.25. The zero-order chi connectivity index (χ0) is 24.3. The molecule has 0 atom stereocenters. The number of benzene rings is 2. The minimum Gasteiger partial charge on any atom is -0.497 e. The van der Waals surface area contributed by atoms with Gasteiger partial charge < -0.3 is 24.4 Å². The highest BCUT2D eigenvalue weighted by Gasteiger charge is 2.20. The van der Waals surface area contributed by atoms with Crippen LogP contribution in [0, 0.1) is 0 Å². The maximum Gasteiger partial charge on any atom is 0.254 e. The third-order valence-electron chi connectivity index (χ3n) is 4.99. The Morgan fingerprint density at radius 3 is 2.47 bits per heavy atom. The topological polar surface area (TPSA) is 90.0 Å². The van der Waals surface area contributed by atoms with Crippen LogP contribution in [0.25, 0.3) is 0 Å². The Hall–Kier alpha value is -4.07. The van der Waals surface area contributed by atoms with Crippen molar-refractivity contribution in [3.63, 3.8) is 0 Å². The van der Waals surface area contributed by atoms with Gasteiger partial charge in [-0.2, -0.15) is 0 Å². The van der Waals surface area contributed by atoms with Crippen molar-refractivity contribution in [2.75, 3.05) is 32.1 Å². The van der Waals surface area contributed by atoms with Gasteiger partial charge in [0.05, 0.1) is 13.7 Å². The number of carbonyl (C=O) groups excluding carboxylic acids is 2. The molecule has 0 fully saturated rings. The van der Waals surface area contributed by atoms with Crippen molar-refractivity contribution in [2.24, 2.45) is 0 Å². The van der Waals surface area contributed by atoms with Gasteiger partial charge in [0.2, 0.25) is 5.91 Å². The summed E-state index contributed by atoms with van der Waals surface area (Å²) in [5, 5.41) is 2.80. The van der Waals surface area contributed by atoms with Gasteiger partial charge in [-0.1, -0.05) is 6.07 Å². The second-order valence-corrected chi connectivity index (χ2v) is 7.34. The molecular formula is C26H29N3O5. The van der Waals surface area contributed by atoms with E-state index in [0.29, 0.717) is 48.3 Å². The number of anilines is 1. The summed E-state index contributed by atoms with van der Waals surface area (Å²) in [6, 6.07) is 15.8. The van der Waals surface area contributed by atoms with E-state index in [2.05, 4.69) is 10.3 Å². The second-order valence-electron chi connectivity index (χ2n) is 7.34. The van der Waals surface area contributed by atoms with E-state index in [1.54, 1.807) is 62.0 Å². The first kappa shape index (κ1) is 24.6. The molecule has 0 aliphatic heterocycles. The van der Waals surface area contributed by atoms with Crippen LogP contribution >= 0.6 is 0 Å². The number of hydrogen-bond donors (Lipinski definition) is 1. The van der Waals surface area contributed by atoms with Crippen molar-refractivity contribution in [3.05, 3.63) is 78.1 Å². The Bertz CT molecular complexity index is 1100. The SMILES string of the molecule is CCOc1cc(C(=O)N(CC)CC(=O)Nc2cccc(OC)c2)ccc1OCc1ccncc1. The molecule has 3 rings (SSSR count). The van der Waals surface area contributed by atoms with E-state index in [-0.39, 0.29) is 18.4 Å². The minimum atomic E-state index is -0.300. The molecule has 1 N–H and O–H groups in total. The van der Waals surface area contributed by atoms with Crippen LogP contribution in [0.5, 0.6) is 17.2 Å². The molecule has 1 heterocycles. The molecule has 2 aromatic carbocycles. The molecule has 0 bridgehead atoms. The van der Waals surface area contributed by atoms with Crippen LogP contribution in [0.4, 0.5) is 5.69 Å². The number of methoxy groups -OCH3 is 1. The van der Waals surface area contributed by atoms with Gasteiger partial charge in [0.15, 0.2) is 11.5 Å². The molecule has 0 saturated heterocycles. The summed E-state index contributed by atoms with van der Waals surface area (Å²) in [6.07, 6.45) is 3.40. The third kappa shape index (κ3) is 6.71. The number of carbonyl (C=O) groups is 2. The first-order valence-electron chi connectivity index (χ1n) is 11.1. The Morgan fingerprint density at radius 1 is 0.971 bits per heavy atom. The van der Waals surface area contributed by atoms with E-state index in [4.69, 9.17) is 14.2 Å². The van der Waals surface area contributed by atoms with E-state index in [9.17, 15) is 9.59 Å². The van der Waals surface area contributed by atoms with Crippen molar-refractivity contribution < 1.29 is 23.8 Å². The van der Waals surface area contributed by atoms with Gasteiger partial charge in [-0.25, -0.2) is 0 Å². The summed E-state index contributed by atoms with van der Waals surface area (Å²) in [5.74, 6) is 1.07. The van der Waals surface area contributed by atoms with Gasteiger partial charge in [-0.05, 0) is 61.9 Å². The standard InChI is InChI=1S/C26H29N3O5/c1-4-29(17-25(30)28-21-7-6-8-22(16-21)32-3)26(31)20-9-10-23(24(15-20)33-5-2)34-18-19-11-13-27-14-12-19/h6-16H,4-5,17-18H2,1-3H3,(H,28,30). The summed E-state index contributed by atoms with van der Waals surface area (Å²) in [5.41, 5.74) is 1.98. The zero-order valence-electron chi connectivity index (χ0n) is 19.6. The van der Waals surface area contributed by atoms with E-state index in [0.717, 1.165) is 5.56 Å². The first-order chi connectivity index (χ1) is 16.5. The highest BCUT2D eigenvalue weighted by molar-refractivity contribution is 5.99. The number of nitrogens with one attached hydrogen (secondary N) is 1. The van der Waals surface area contributed by atoms with Gasteiger partial charge in [-0.15, -0.1) is 0 Å². The predicted octanol–water partition coefficient (Wildman–Crippen LogP) is 4.17. The lowest BCUT2D eigenvalue weighted by Crippen LogP contribution is -2.37. The van der Waals surface area contributed by atoms with E-state index in [1.807, 2.05) is 26.0 Å². The van der Waals surface area contributed by atoms with Crippen molar-refractivity contribution in [1.29, 1.82) is 0 Å². The summed E-state index contributed by atoms with van der Waals surface area (Å²) >= 11 is 0. The Kier molecular flexibility index (Phi) is 8.85. The monoisotopic (exact) mass is 463 g/mol. The molecule has 0 aliphatic carbocycles. The maximum atomic E-state index is 13.1. The number of amides is 2. The average molecular weight is 464 g/mol. The number of aromatic nitrogens is 1. The first-order valence-corrected chi connectivity index (χ1v) is 11.1. The summed E-state index contributed by atoms with van der Waals surface area (Å²) in [7, 11) is 1.56. The Labute approximate surface area is 199 Å². The van der Waals surface area contributed by atoms with Crippen LogP contribution in [0.3, 0.4) is 0 Å². The number of pyridine rings is 1.